The number of aromatic amines is 1. The Morgan fingerprint density at radius 2 is 2.46 bits per heavy atom. The van der Waals surface area contributed by atoms with Crippen molar-refractivity contribution in [1.29, 1.82) is 0 Å². The molecule has 0 amide bonds. The Morgan fingerprint density at radius 1 is 1.69 bits per heavy atom. The average Bonchev–Trinajstić information content (AvgIpc) is 2.53. The van der Waals surface area contributed by atoms with Gasteiger partial charge in [0.25, 0.3) is 0 Å². The SMILES string of the molecule is O=C(O)c1cc[n+]([O-])c2[nH]ncc12. The molecular weight excluding hydrogens is 174 g/mol. The number of aromatic nitrogens is 3. The van der Waals surface area contributed by atoms with E-state index in [1.54, 1.807) is 0 Å². The van der Waals surface area contributed by atoms with Crippen molar-refractivity contribution in [3.63, 3.8) is 0 Å². The summed E-state index contributed by atoms with van der Waals surface area (Å²) in [4.78, 5) is 10.7. The van der Waals surface area contributed by atoms with Gasteiger partial charge in [-0.15, -0.1) is 5.10 Å². The van der Waals surface area contributed by atoms with Crippen LogP contribution in [0.4, 0.5) is 0 Å². The van der Waals surface area contributed by atoms with E-state index < -0.39 is 5.97 Å². The summed E-state index contributed by atoms with van der Waals surface area (Å²) in [6.07, 6.45) is 2.44. The van der Waals surface area contributed by atoms with Crippen molar-refractivity contribution in [2.24, 2.45) is 0 Å². The molecule has 0 aliphatic carbocycles. The highest BCUT2D eigenvalue weighted by molar-refractivity contribution is 6.00. The summed E-state index contributed by atoms with van der Waals surface area (Å²) in [6, 6.07) is 1.24. The number of pyridine rings is 1. The molecule has 2 N–H and O–H groups in total. The number of nitrogens with zero attached hydrogens (tertiary/aromatic N) is 2. The van der Waals surface area contributed by atoms with Crippen molar-refractivity contribution in [1.82, 2.24) is 10.2 Å². The van der Waals surface area contributed by atoms with Gasteiger partial charge in [-0.1, -0.05) is 5.10 Å². The first-order chi connectivity index (χ1) is 6.20. The number of fused-ring (bicyclic) bond motifs is 1. The Kier molecular flexibility index (Phi) is 1.42. The van der Waals surface area contributed by atoms with Crippen molar-refractivity contribution in [3.8, 4) is 0 Å². The molecule has 13 heavy (non-hydrogen) atoms. The van der Waals surface area contributed by atoms with Gasteiger partial charge in [0, 0.05) is 0 Å². The lowest BCUT2D eigenvalue weighted by molar-refractivity contribution is -0.579. The minimum atomic E-state index is -1.08. The fraction of sp³-hybridized carbons (Fsp3) is 0. The van der Waals surface area contributed by atoms with Gasteiger partial charge in [-0.25, -0.2) is 9.52 Å². The first-order valence-corrected chi connectivity index (χ1v) is 3.48. The van der Waals surface area contributed by atoms with Crippen LogP contribution >= 0.6 is 0 Å². The van der Waals surface area contributed by atoms with Crippen LogP contribution in [0.15, 0.2) is 18.5 Å². The highest BCUT2D eigenvalue weighted by Crippen LogP contribution is 2.11. The molecule has 2 aromatic rings. The first kappa shape index (κ1) is 7.53. The number of H-pyrrole nitrogens is 1. The molecule has 66 valence electrons. The zero-order chi connectivity index (χ0) is 9.42. The normalized spacial score (nSPS) is 10.5. The number of carboxylic acids is 1. The molecule has 0 unspecified atom stereocenters. The van der Waals surface area contributed by atoms with Crippen LogP contribution in [0.3, 0.4) is 0 Å². The Hall–Kier alpha value is -2.11. The third kappa shape index (κ3) is 0.994. The number of rotatable bonds is 1. The average molecular weight is 179 g/mol. The fourth-order valence-corrected chi connectivity index (χ4v) is 1.14. The van der Waals surface area contributed by atoms with E-state index in [-0.39, 0.29) is 11.2 Å². The van der Waals surface area contributed by atoms with Crippen molar-refractivity contribution in [2.75, 3.05) is 0 Å². The zero-order valence-corrected chi connectivity index (χ0v) is 6.39. The van der Waals surface area contributed by atoms with Crippen LogP contribution in [0, 0.1) is 5.21 Å². The van der Waals surface area contributed by atoms with Crippen molar-refractivity contribution in [2.45, 2.75) is 0 Å². The number of carboxylic acid groups (broad SMARTS) is 1. The highest BCUT2D eigenvalue weighted by Gasteiger charge is 2.14. The predicted molar refractivity (Wildman–Crippen MR) is 42.0 cm³/mol. The van der Waals surface area contributed by atoms with Crippen molar-refractivity contribution < 1.29 is 14.6 Å². The maximum absolute atomic E-state index is 11.1. The summed E-state index contributed by atoms with van der Waals surface area (Å²) in [5.41, 5.74) is 0.218. The zero-order valence-electron chi connectivity index (χ0n) is 6.39. The second-order valence-corrected chi connectivity index (χ2v) is 2.49. The summed E-state index contributed by atoms with van der Waals surface area (Å²) < 4.78 is 0.536. The Balaban J connectivity index is 2.86. The molecule has 0 saturated carbocycles. The minimum Gasteiger partial charge on any atom is -0.711 e. The summed E-state index contributed by atoms with van der Waals surface area (Å²) in [5, 5.41) is 26.1. The van der Waals surface area contributed by atoms with Crippen LogP contribution in [0.25, 0.3) is 11.0 Å². The molecule has 0 fully saturated rings. The van der Waals surface area contributed by atoms with E-state index in [0.717, 1.165) is 6.20 Å². The lowest BCUT2D eigenvalue weighted by Gasteiger charge is -2.01. The van der Waals surface area contributed by atoms with Crippen molar-refractivity contribution in [3.05, 3.63) is 29.2 Å². The smallest absolute Gasteiger partial charge is 0.336 e. The highest BCUT2D eigenvalue weighted by atomic mass is 16.5. The van der Waals surface area contributed by atoms with Gasteiger partial charge >= 0.3 is 11.6 Å². The number of nitrogens with one attached hydrogen (secondary N) is 1. The molecule has 2 heterocycles. The quantitative estimate of drug-likeness (QED) is 0.472. The molecular formula is C7H5N3O3. The third-order valence-electron chi connectivity index (χ3n) is 1.74. The van der Waals surface area contributed by atoms with E-state index in [1.165, 1.54) is 12.3 Å². The summed E-state index contributed by atoms with van der Waals surface area (Å²) in [6.45, 7) is 0. The molecule has 0 atom stereocenters. The molecule has 6 heteroatoms. The van der Waals surface area contributed by atoms with Crippen LogP contribution in [0.1, 0.15) is 10.4 Å². The fourth-order valence-electron chi connectivity index (χ4n) is 1.14. The van der Waals surface area contributed by atoms with Crippen molar-refractivity contribution >= 4 is 17.0 Å². The molecule has 0 spiro atoms. The Morgan fingerprint density at radius 3 is 3.15 bits per heavy atom. The summed E-state index contributed by atoms with van der Waals surface area (Å²) >= 11 is 0. The molecule has 0 bridgehead atoms. The van der Waals surface area contributed by atoms with Gasteiger partial charge in [-0.2, -0.15) is 0 Å². The number of carbonyl (C=O) groups is 1. The molecule has 0 aromatic carbocycles. The number of hydrogen-bond donors (Lipinski definition) is 2. The molecule has 0 aliphatic rings. The van der Waals surface area contributed by atoms with Crippen LogP contribution in [-0.2, 0) is 0 Å². The van der Waals surface area contributed by atoms with E-state index in [9.17, 15) is 10.0 Å². The summed E-state index contributed by atoms with van der Waals surface area (Å²) in [7, 11) is 0. The maximum Gasteiger partial charge on any atom is 0.336 e. The van der Waals surface area contributed by atoms with E-state index in [1.807, 2.05) is 0 Å². The Labute approximate surface area is 72.0 Å². The van der Waals surface area contributed by atoms with Gasteiger partial charge in [0.05, 0.1) is 18.0 Å². The van der Waals surface area contributed by atoms with Crippen LogP contribution in [0.2, 0.25) is 0 Å². The maximum atomic E-state index is 11.1. The van der Waals surface area contributed by atoms with Gasteiger partial charge < -0.3 is 10.3 Å². The van der Waals surface area contributed by atoms with Crippen LogP contribution < -0.4 is 4.73 Å². The van der Waals surface area contributed by atoms with Crippen LogP contribution in [-0.4, -0.2) is 21.3 Å². The molecule has 0 saturated heterocycles. The lowest BCUT2D eigenvalue weighted by atomic mass is 10.2. The molecule has 0 aliphatic heterocycles. The van der Waals surface area contributed by atoms with Gasteiger partial charge in [0.15, 0.2) is 0 Å². The molecule has 0 radical (unpaired) electrons. The van der Waals surface area contributed by atoms with E-state index >= 15 is 0 Å². The van der Waals surface area contributed by atoms with E-state index in [2.05, 4.69) is 10.2 Å². The number of aromatic carboxylic acids is 1. The van der Waals surface area contributed by atoms with Gasteiger partial charge in [-0.3, -0.25) is 0 Å². The van der Waals surface area contributed by atoms with Gasteiger partial charge in [0.2, 0.25) is 0 Å². The van der Waals surface area contributed by atoms with Gasteiger partial charge in [-0.05, 0) is 6.07 Å². The monoisotopic (exact) mass is 179 g/mol. The third-order valence-corrected chi connectivity index (χ3v) is 1.74. The Bertz CT molecular complexity index is 477. The topological polar surface area (TPSA) is 92.9 Å². The van der Waals surface area contributed by atoms with Crippen LogP contribution in [0.5, 0.6) is 0 Å². The van der Waals surface area contributed by atoms with E-state index in [4.69, 9.17) is 5.11 Å². The van der Waals surface area contributed by atoms with Gasteiger partial charge in [0.1, 0.15) is 5.39 Å². The molecule has 2 rings (SSSR count). The first-order valence-electron chi connectivity index (χ1n) is 3.48. The largest absolute Gasteiger partial charge is 0.711 e. The number of hydrogen-bond acceptors (Lipinski definition) is 3. The molecule has 6 nitrogen and oxygen atoms in total. The lowest BCUT2D eigenvalue weighted by Crippen LogP contribution is -2.27. The second-order valence-electron chi connectivity index (χ2n) is 2.49. The van der Waals surface area contributed by atoms with E-state index in [0.29, 0.717) is 10.1 Å². The predicted octanol–water partition coefficient (Wildman–Crippen LogP) is -0.106. The minimum absolute atomic E-state index is 0.0656. The second kappa shape index (κ2) is 2.44. The standard InChI is InChI=1S/C7H5N3O3/c11-7(12)4-1-2-10(13)6-5(4)3-8-9-6/h1-3H,(H,8,9)(H,11,12). The molecule has 2 aromatic heterocycles. The summed E-state index contributed by atoms with van der Waals surface area (Å²) in [5.74, 6) is -1.08.